The summed E-state index contributed by atoms with van der Waals surface area (Å²) in [7, 11) is 1.74. The molecule has 0 bridgehead atoms. The predicted octanol–water partition coefficient (Wildman–Crippen LogP) is -0.114. The highest BCUT2D eigenvalue weighted by atomic mass is 16.1. The predicted molar refractivity (Wildman–Crippen MR) is 44.4 cm³/mol. The van der Waals surface area contributed by atoms with Crippen molar-refractivity contribution in [3.8, 4) is 0 Å². The largest absolute Gasteiger partial charge is 0.330 e. The normalized spacial score (nSPS) is 10.0. The van der Waals surface area contributed by atoms with Crippen LogP contribution in [0, 0.1) is 0 Å². The van der Waals surface area contributed by atoms with Gasteiger partial charge in [0.2, 0.25) is 5.56 Å². The zero-order valence-corrected chi connectivity index (χ0v) is 6.58. The van der Waals surface area contributed by atoms with Crippen molar-refractivity contribution in [3.05, 3.63) is 34.2 Å². The van der Waals surface area contributed by atoms with Crippen LogP contribution in [0.3, 0.4) is 0 Å². The van der Waals surface area contributed by atoms with Crippen LogP contribution in [0.2, 0.25) is 0 Å². The summed E-state index contributed by atoms with van der Waals surface area (Å²) < 4.78 is 1.56. The molecule has 3 nitrogen and oxygen atoms in total. The van der Waals surface area contributed by atoms with Crippen molar-refractivity contribution in [1.29, 1.82) is 0 Å². The average Bonchev–Trinajstić information content (AvgIpc) is 1.98. The van der Waals surface area contributed by atoms with Crippen LogP contribution in [-0.2, 0) is 13.5 Å². The molecule has 3 heteroatoms. The van der Waals surface area contributed by atoms with Crippen LogP contribution < -0.4 is 11.3 Å². The third kappa shape index (κ3) is 1.91. The van der Waals surface area contributed by atoms with Crippen LogP contribution in [0.15, 0.2) is 23.1 Å². The maximum atomic E-state index is 10.9. The van der Waals surface area contributed by atoms with E-state index in [1.54, 1.807) is 17.7 Å². The third-order valence-electron chi connectivity index (χ3n) is 1.58. The Morgan fingerprint density at radius 2 is 2.27 bits per heavy atom. The van der Waals surface area contributed by atoms with E-state index < -0.39 is 0 Å². The van der Waals surface area contributed by atoms with Crippen molar-refractivity contribution in [1.82, 2.24) is 4.57 Å². The molecule has 1 aromatic heterocycles. The maximum Gasteiger partial charge on any atom is 0.250 e. The molecule has 1 heterocycles. The van der Waals surface area contributed by atoms with E-state index in [2.05, 4.69) is 0 Å². The number of aromatic nitrogens is 1. The molecule has 0 unspecified atom stereocenters. The summed E-state index contributed by atoms with van der Waals surface area (Å²) in [6.07, 6.45) is 2.64. The number of aryl methyl sites for hydroxylation is 1. The Kier molecular flexibility index (Phi) is 2.44. The van der Waals surface area contributed by atoms with Gasteiger partial charge in [-0.05, 0) is 18.5 Å². The zero-order valence-electron chi connectivity index (χ0n) is 6.58. The number of pyridine rings is 1. The van der Waals surface area contributed by atoms with Crippen LogP contribution in [0.5, 0.6) is 0 Å². The van der Waals surface area contributed by atoms with Crippen LogP contribution in [0.1, 0.15) is 5.56 Å². The summed E-state index contributed by atoms with van der Waals surface area (Å²) in [6, 6.07) is 3.38. The molecule has 0 aliphatic carbocycles. The molecule has 1 aromatic rings. The Morgan fingerprint density at radius 3 is 2.82 bits per heavy atom. The van der Waals surface area contributed by atoms with E-state index >= 15 is 0 Å². The van der Waals surface area contributed by atoms with E-state index in [4.69, 9.17) is 5.73 Å². The molecule has 2 N–H and O–H groups in total. The van der Waals surface area contributed by atoms with Gasteiger partial charge in [0.1, 0.15) is 0 Å². The van der Waals surface area contributed by atoms with Gasteiger partial charge < -0.3 is 10.3 Å². The minimum absolute atomic E-state index is 0.0192. The lowest BCUT2D eigenvalue weighted by molar-refractivity contribution is 0.831. The molecular weight excluding hydrogens is 140 g/mol. The topological polar surface area (TPSA) is 48.0 Å². The van der Waals surface area contributed by atoms with Crippen LogP contribution in [-0.4, -0.2) is 11.1 Å². The maximum absolute atomic E-state index is 10.9. The molecule has 0 radical (unpaired) electrons. The molecule has 0 amide bonds. The number of hydrogen-bond acceptors (Lipinski definition) is 2. The zero-order chi connectivity index (χ0) is 8.27. The smallest absolute Gasteiger partial charge is 0.250 e. The van der Waals surface area contributed by atoms with Crippen molar-refractivity contribution in [2.75, 3.05) is 6.54 Å². The van der Waals surface area contributed by atoms with E-state index in [9.17, 15) is 4.79 Å². The molecule has 0 atom stereocenters. The molecule has 0 aliphatic rings. The molecule has 0 aliphatic heterocycles. The van der Waals surface area contributed by atoms with Gasteiger partial charge in [-0.2, -0.15) is 0 Å². The molecule has 11 heavy (non-hydrogen) atoms. The van der Waals surface area contributed by atoms with E-state index in [0.29, 0.717) is 6.54 Å². The quantitative estimate of drug-likeness (QED) is 0.642. The lowest BCUT2D eigenvalue weighted by atomic mass is 10.2. The number of rotatable bonds is 2. The number of nitrogens with two attached hydrogens (primary N) is 1. The summed E-state index contributed by atoms with van der Waals surface area (Å²) >= 11 is 0. The van der Waals surface area contributed by atoms with Crippen molar-refractivity contribution < 1.29 is 0 Å². The third-order valence-corrected chi connectivity index (χ3v) is 1.58. The lowest BCUT2D eigenvalue weighted by Gasteiger charge is -2.00. The number of nitrogens with zero attached hydrogens (tertiary/aromatic N) is 1. The average molecular weight is 152 g/mol. The Balaban J connectivity index is 2.96. The second-order valence-corrected chi connectivity index (χ2v) is 2.53. The van der Waals surface area contributed by atoms with Gasteiger partial charge in [0, 0.05) is 19.3 Å². The monoisotopic (exact) mass is 152 g/mol. The first-order valence-corrected chi connectivity index (χ1v) is 3.59. The van der Waals surface area contributed by atoms with Crippen molar-refractivity contribution >= 4 is 0 Å². The SMILES string of the molecule is Cn1cc(CCN)ccc1=O. The van der Waals surface area contributed by atoms with Crippen LogP contribution in [0.4, 0.5) is 0 Å². The fourth-order valence-corrected chi connectivity index (χ4v) is 0.966. The van der Waals surface area contributed by atoms with Gasteiger partial charge in [-0.15, -0.1) is 0 Å². The minimum atomic E-state index is 0.0192. The van der Waals surface area contributed by atoms with Gasteiger partial charge in [0.25, 0.3) is 0 Å². The fraction of sp³-hybridized carbons (Fsp3) is 0.375. The molecule has 0 spiro atoms. The van der Waals surface area contributed by atoms with Gasteiger partial charge in [0.05, 0.1) is 0 Å². The first-order chi connectivity index (χ1) is 5.24. The van der Waals surface area contributed by atoms with Gasteiger partial charge in [0.15, 0.2) is 0 Å². The highest BCUT2D eigenvalue weighted by molar-refractivity contribution is 5.09. The summed E-state index contributed by atoms with van der Waals surface area (Å²) in [4.78, 5) is 10.9. The van der Waals surface area contributed by atoms with Gasteiger partial charge >= 0.3 is 0 Å². The Bertz CT molecular complexity index is 290. The Hall–Kier alpha value is -1.09. The van der Waals surface area contributed by atoms with Gasteiger partial charge in [-0.1, -0.05) is 6.07 Å². The minimum Gasteiger partial charge on any atom is -0.330 e. The van der Waals surface area contributed by atoms with Crippen molar-refractivity contribution in [3.63, 3.8) is 0 Å². The first-order valence-electron chi connectivity index (χ1n) is 3.59. The molecule has 0 saturated heterocycles. The summed E-state index contributed by atoms with van der Waals surface area (Å²) in [5, 5.41) is 0. The molecule has 60 valence electrons. The highest BCUT2D eigenvalue weighted by Gasteiger charge is 1.92. The first kappa shape index (κ1) is 8.01. The molecule has 1 rings (SSSR count). The Morgan fingerprint density at radius 1 is 1.55 bits per heavy atom. The standard InChI is InChI=1S/C8H12N2O/c1-10-6-7(4-5-9)2-3-8(10)11/h2-3,6H,4-5,9H2,1H3. The summed E-state index contributed by atoms with van der Waals surface area (Å²) in [5.41, 5.74) is 6.49. The van der Waals surface area contributed by atoms with Crippen molar-refractivity contribution in [2.24, 2.45) is 12.8 Å². The van der Waals surface area contributed by atoms with E-state index in [1.807, 2.05) is 12.3 Å². The highest BCUT2D eigenvalue weighted by Crippen LogP contribution is 1.93. The summed E-state index contributed by atoms with van der Waals surface area (Å²) in [5.74, 6) is 0. The van der Waals surface area contributed by atoms with E-state index in [-0.39, 0.29) is 5.56 Å². The molecule has 0 saturated carbocycles. The van der Waals surface area contributed by atoms with Gasteiger partial charge in [-0.25, -0.2) is 0 Å². The van der Waals surface area contributed by atoms with E-state index in [1.165, 1.54) is 0 Å². The lowest BCUT2D eigenvalue weighted by Crippen LogP contribution is -2.15. The van der Waals surface area contributed by atoms with E-state index in [0.717, 1.165) is 12.0 Å². The molecular formula is C8H12N2O. The Labute approximate surface area is 65.5 Å². The van der Waals surface area contributed by atoms with Gasteiger partial charge in [-0.3, -0.25) is 4.79 Å². The second kappa shape index (κ2) is 3.34. The molecule has 0 aromatic carbocycles. The molecule has 0 fully saturated rings. The van der Waals surface area contributed by atoms with Crippen molar-refractivity contribution in [2.45, 2.75) is 6.42 Å². The summed E-state index contributed by atoms with van der Waals surface area (Å²) in [6.45, 7) is 0.623. The fourth-order valence-electron chi connectivity index (χ4n) is 0.966. The van der Waals surface area contributed by atoms with Crippen LogP contribution in [0.25, 0.3) is 0 Å². The van der Waals surface area contributed by atoms with Crippen LogP contribution >= 0.6 is 0 Å². The number of hydrogen-bond donors (Lipinski definition) is 1. The second-order valence-electron chi connectivity index (χ2n) is 2.53.